The lowest BCUT2D eigenvalue weighted by Crippen LogP contribution is -2.25. The second kappa shape index (κ2) is 5.58. The number of nitrogens with one attached hydrogen (secondary N) is 1. The van der Waals surface area contributed by atoms with Crippen LogP contribution in [0.1, 0.15) is 26.2 Å². The van der Waals surface area contributed by atoms with E-state index in [4.69, 9.17) is 9.47 Å². The Morgan fingerprint density at radius 1 is 1.46 bits per heavy atom. The van der Waals surface area contributed by atoms with Crippen LogP contribution in [0.2, 0.25) is 0 Å². The Kier molecular flexibility index (Phi) is 4.70. The summed E-state index contributed by atoms with van der Waals surface area (Å²) in [6.07, 6.45) is 4.22. The molecule has 1 saturated carbocycles. The van der Waals surface area contributed by atoms with Crippen LogP contribution in [-0.2, 0) is 9.47 Å². The Morgan fingerprint density at radius 3 is 2.77 bits per heavy atom. The fourth-order valence-electron chi connectivity index (χ4n) is 1.93. The summed E-state index contributed by atoms with van der Waals surface area (Å²) in [6.45, 7) is 2.76. The number of hydrogen-bond donors (Lipinski definition) is 1. The molecule has 0 aromatic carbocycles. The third-order valence-corrected chi connectivity index (χ3v) is 2.62. The van der Waals surface area contributed by atoms with Gasteiger partial charge in [0, 0.05) is 13.2 Å². The van der Waals surface area contributed by atoms with E-state index in [-0.39, 0.29) is 6.10 Å². The summed E-state index contributed by atoms with van der Waals surface area (Å²) in [5.41, 5.74) is 0. The zero-order valence-electron chi connectivity index (χ0n) is 8.88. The molecule has 0 bridgehead atoms. The third-order valence-electron chi connectivity index (χ3n) is 2.62. The van der Waals surface area contributed by atoms with Gasteiger partial charge in [-0.25, -0.2) is 0 Å². The van der Waals surface area contributed by atoms with Gasteiger partial charge in [0.25, 0.3) is 0 Å². The van der Waals surface area contributed by atoms with Crippen LogP contribution >= 0.6 is 0 Å². The highest BCUT2D eigenvalue weighted by molar-refractivity contribution is 4.80. The van der Waals surface area contributed by atoms with E-state index in [2.05, 4.69) is 12.2 Å². The number of ether oxygens (including phenoxy) is 2. The van der Waals surface area contributed by atoms with E-state index in [1.807, 2.05) is 7.05 Å². The fourth-order valence-corrected chi connectivity index (χ4v) is 1.93. The van der Waals surface area contributed by atoms with Crippen molar-refractivity contribution in [2.24, 2.45) is 0 Å². The van der Waals surface area contributed by atoms with Gasteiger partial charge in [0.15, 0.2) is 0 Å². The van der Waals surface area contributed by atoms with E-state index in [0.717, 1.165) is 6.42 Å². The molecule has 0 amide bonds. The highest BCUT2D eigenvalue weighted by Crippen LogP contribution is 2.22. The van der Waals surface area contributed by atoms with E-state index < -0.39 is 0 Å². The van der Waals surface area contributed by atoms with Crippen LogP contribution < -0.4 is 5.32 Å². The van der Waals surface area contributed by atoms with E-state index in [1.165, 1.54) is 12.8 Å². The fraction of sp³-hybridized carbons (Fsp3) is 1.00. The van der Waals surface area contributed by atoms with Crippen molar-refractivity contribution in [3.8, 4) is 0 Å². The molecule has 78 valence electrons. The van der Waals surface area contributed by atoms with Gasteiger partial charge in [0.05, 0.1) is 18.8 Å². The highest BCUT2D eigenvalue weighted by Gasteiger charge is 2.25. The maximum Gasteiger partial charge on any atom is 0.0784 e. The first-order chi connectivity index (χ1) is 6.26. The minimum atomic E-state index is 0.227. The molecule has 1 aliphatic rings. The molecule has 0 aromatic heterocycles. The molecule has 1 fully saturated rings. The van der Waals surface area contributed by atoms with Gasteiger partial charge in [-0.2, -0.15) is 0 Å². The van der Waals surface area contributed by atoms with Crippen molar-refractivity contribution in [2.75, 3.05) is 20.8 Å². The van der Waals surface area contributed by atoms with Crippen molar-refractivity contribution in [3.63, 3.8) is 0 Å². The Hall–Kier alpha value is -0.120. The van der Waals surface area contributed by atoms with Crippen molar-refractivity contribution in [3.05, 3.63) is 0 Å². The quantitative estimate of drug-likeness (QED) is 0.701. The van der Waals surface area contributed by atoms with Crippen LogP contribution in [0.3, 0.4) is 0 Å². The number of hydrogen-bond acceptors (Lipinski definition) is 3. The van der Waals surface area contributed by atoms with Gasteiger partial charge in [0.1, 0.15) is 0 Å². The average molecular weight is 187 g/mol. The molecule has 3 atom stereocenters. The van der Waals surface area contributed by atoms with Gasteiger partial charge >= 0.3 is 0 Å². The summed E-state index contributed by atoms with van der Waals surface area (Å²) < 4.78 is 10.8. The minimum Gasteiger partial charge on any atom is -0.382 e. The smallest absolute Gasteiger partial charge is 0.0784 e. The predicted molar refractivity (Wildman–Crippen MR) is 52.9 cm³/mol. The molecule has 1 N–H and O–H groups in total. The second-order valence-corrected chi connectivity index (χ2v) is 3.82. The van der Waals surface area contributed by atoms with Crippen LogP contribution in [0.15, 0.2) is 0 Å². The molecular weight excluding hydrogens is 166 g/mol. The molecular formula is C10H21NO2. The summed E-state index contributed by atoms with van der Waals surface area (Å²) in [5.74, 6) is 0. The Labute approximate surface area is 80.8 Å². The predicted octanol–water partition coefficient (Wildman–Crippen LogP) is 1.18. The third kappa shape index (κ3) is 3.63. The van der Waals surface area contributed by atoms with Crippen molar-refractivity contribution < 1.29 is 9.47 Å². The Balaban J connectivity index is 2.16. The summed E-state index contributed by atoms with van der Waals surface area (Å²) in [6, 6.07) is 0.653. The maximum atomic E-state index is 5.82. The summed E-state index contributed by atoms with van der Waals surface area (Å²) in [7, 11) is 3.73. The lowest BCUT2D eigenvalue weighted by atomic mass is 10.2. The SMILES string of the molecule is CNC1CCC(OC(C)COC)C1. The van der Waals surface area contributed by atoms with Crippen LogP contribution in [0.4, 0.5) is 0 Å². The van der Waals surface area contributed by atoms with Gasteiger partial charge in [-0.3, -0.25) is 0 Å². The molecule has 0 heterocycles. The molecule has 0 saturated heterocycles. The Bertz CT molecular complexity index is 141. The largest absolute Gasteiger partial charge is 0.382 e. The molecule has 0 aliphatic heterocycles. The highest BCUT2D eigenvalue weighted by atomic mass is 16.5. The molecule has 0 spiro atoms. The van der Waals surface area contributed by atoms with Gasteiger partial charge < -0.3 is 14.8 Å². The van der Waals surface area contributed by atoms with Crippen molar-refractivity contribution >= 4 is 0 Å². The second-order valence-electron chi connectivity index (χ2n) is 3.82. The van der Waals surface area contributed by atoms with E-state index >= 15 is 0 Å². The minimum absolute atomic E-state index is 0.227. The van der Waals surface area contributed by atoms with Crippen LogP contribution in [0.25, 0.3) is 0 Å². The lowest BCUT2D eigenvalue weighted by molar-refractivity contribution is -0.0359. The Morgan fingerprint density at radius 2 is 2.23 bits per heavy atom. The summed E-state index contributed by atoms with van der Waals surface area (Å²) in [5, 5.41) is 3.29. The lowest BCUT2D eigenvalue weighted by Gasteiger charge is -2.17. The molecule has 3 unspecified atom stereocenters. The zero-order valence-corrected chi connectivity index (χ0v) is 8.88. The molecule has 0 aromatic rings. The standard InChI is InChI=1S/C10H21NO2/c1-8(7-12-3)13-10-5-4-9(6-10)11-2/h8-11H,4-7H2,1-3H3. The van der Waals surface area contributed by atoms with Crippen molar-refractivity contribution in [1.82, 2.24) is 5.32 Å². The molecule has 3 heteroatoms. The molecule has 13 heavy (non-hydrogen) atoms. The molecule has 0 radical (unpaired) electrons. The summed E-state index contributed by atoms with van der Waals surface area (Å²) in [4.78, 5) is 0. The molecule has 1 rings (SSSR count). The van der Waals surface area contributed by atoms with Gasteiger partial charge in [0.2, 0.25) is 0 Å². The van der Waals surface area contributed by atoms with E-state index in [1.54, 1.807) is 7.11 Å². The first-order valence-electron chi connectivity index (χ1n) is 5.08. The van der Waals surface area contributed by atoms with Crippen LogP contribution in [-0.4, -0.2) is 39.0 Å². The normalized spacial score (nSPS) is 30.7. The van der Waals surface area contributed by atoms with Crippen molar-refractivity contribution in [2.45, 2.75) is 44.4 Å². The van der Waals surface area contributed by atoms with Crippen LogP contribution in [0.5, 0.6) is 0 Å². The first kappa shape index (κ1) is 11.0. The molecule has 1 aliphatic carbocycles. The van der Waals surface area contributed by atoms with Crippen molar-refractivity contribution in [1.29, 1.82) is 0 Å². The number of methoxy groups -OCH3 is 1. The first-order valence-corrected chi connectivity index (χ1v) is 5.08. The summed E-state index contributed by atoms with van der Waals surface area (Å²) >= 11 is 0. The zero-order chi connectivity index (χ0) is 9.68. The van der Waals surface area contributed by atoms with E-state index in [0.29, 0.717) is 18.8 Å². The maximum absolute atomic E-state index is 5.82. The molecule has 3 nitrogen and oxygen atoms in total. The number of rotatable bonds is 5. The topological polar surface area (TPSA) is 30.5 Å². The van der Waals surface area contributed by atoms with Gasteiger partial charge in [-0.1, -0.05) is 0 Å². The van der Waals surface area contributed by atoms with E-state index in [9.17, 15) is 0 Å². The van der Waals surface area contributed by atoms with Crippen LogP contribution in [0, 0.1) is 0 Å². The average Bonchev–Trinajstić information content (AvgIpc) is 2.52. The monoisotopic (exact) mass is 187 g/mol. The van der Waals surface area contributed by atoms with Gasteiger partial charge in [-0.15, -0.1) is 0 Å². The van der Waals surface area contributed by atoms with Gasteiger partial charge in [-0.05, 0) is 33.2 Å².